The van der Waals surface area contributed by atoms with Gasteiger partial charge < -0.3 is 8.98 Å². The SMILES string of the molecule is C=NC(=NC(=NCc1ccccc1)c1ccccc1-n1c2ccccc2c2cc(-c3cccc4oc5ccccc5c34)ccc21)c1ccc(-c2ccccc2)cc1. The summed E-state index contributed by atoms with van der Waals surface area (Å²) in [5, 5.41) is 4.55. The van der Waals surface area contributed by atoms with E-state index < -0.39 is 0 Å². The van der Waals surface area contributed by atoms with Crippen LogP contribution in [0.15, 0.2) is 214 Å². The molecule has 0 spiro atoms. The Kier molecular flexibility index (Phi) is 8.65. The highest BCUT2D eigenvalue weighted by Gasteiger charge is 2.20. The van der Waals surface area contributed by atoms with E-state index in [1.165, 1.54) is 0 Å². The van der Waals surface area contributed by atoms with Crippen LogP contribution in [-0.4, -0.2) is 23.0 Å². The topological polar surface area (TPSA) is 55.1 Å². The number of para-hydroxylation sites is 3. The number of nitrogens with zero attached hydrogens (tertiary/aromatic N) is 4. The second-order valence-corrected chi connectivity index (χ2v) is 14.0. The lowest BCUT2D eigenvalue weighted by atomic mass is 9.98. The van der Waals surface area contributed by atoms with Crippen molar-refractivity contribution in [2.24, 2.45) is 15.0 Å². The van der Waals surface area contributed by atoms with Crippen LogP contribution in [0.4, 0.5) is 0 Å². The Bertz CT molecular complexity index is 3150. The second-order valence-electron chi connectivity index (χ2n) is 14.0. The molecule has 10 aromatic rings. The predicted octanol–water partition coefficient (Wildman–Crippen LogP) is 13.1. The van der Waals surface area contributed by atoms with Gasteiger partial charge in [-0.05, 0) is 77.0 Å². The van der Waals surface area contributed by atoms with Gasteiger partial charge in [-0.1, -0.05) is 152 Å². The molecule has 270 valence electrons. The van der Waals surface area contributed by atoms with Crippen molar-refractivity contribution in [2.75, 3.05) is 0 Å². The first-order valence-corrected chi connectivity index (χ1v) is 19.1. The van der Waals surface area contributed by atoms with Gasteiger partial charge in [0.05, 0.1) is 23.3 Å². The van der Waals surface area contributed by atoms with Crippen molar-refractivity contribution in [3.8, 4) is 27.9 Å². The number of aliphatic imine (C=N–C) groups is 3. The molecule has 0 saturated heterocycles. The molecule has 5 heteroatoms. The zero-order valence-electron chi connectivity index (χ0n) is 31.1. The summed E-state index contributed by atoms with van der Waals surface area (Å²) in [6.07, 6.45) is 0. The second kappa shape index (κ2) is 14.5. The molecule has 0 fully saturated rings. The number of amidine groups is 2. The molecule has 2 aromatic heterocycles. The van der Waals surface area contributed by atoms with Crippen LogP contribution in [0.2, 0.25) is 0 Å². The van der Waals surface area contributed by atoms with Crippen LogP contribution in [0.25, 0.3) is 71.7 Å². The van der Waals surface area contributed by atoms with Gasteiger partial charge >= 0.3 is 0 Å². The first-order valence-electron chi connectivity index (χ1n) is 19.1. The largest absolute Gasteiger partial charge is 0.456 e. The average Bonchev–Trinajstić information content (AvgIpc) is 3.83. The zero-order valence-corrected chi connectivity index (χ0v) is 31.1. The summed E-state index contributed by atoms with van der Waals surface area (Å²) in [7, 11) is 0. The first-order chi connectivity index (χ1) is 28.2. The lowest BCUT2D eigenvalue weighted by Gasteiger charge is -2.15. The van der Waals surface area contributed by atoms with Crippen molar-refractivity contribution in [3.63, 3.8) is 0 Å². The molecule has 5 nitrogen and oxygen atoms in total. The number of aromatic nitrogens is 1. The fourth-order valence-electron chi connectivity index (χ4n) is 7.94. The molecular formula is C52H36N4O. The van der Waals surface area contributed by atoms with Crippen molar-refractivity contribution in [2.45, 2.75) is 6.54 Å². The quantitative estimate of drug-likeness (QED) is 0.119. The minimum atomic E-state index is 0.455. The van der Waals surface area contributed by atoms with Crippen LogP contribution >= 0.6 is 0 Å². The standard InChI is InChI=1S/C52H36N4O/c1-53-51(38-29-27-37(28-30-38)36-17-6-3-7-18-36)55-52(54-34-35-15-4-2-5-16-35)42-20-9-12-24-46(42)56-45-23-11-8-19-41(45)44-33-39(31-32-47(44)56)40-22-14-26-49-50(40)43-21-10-13-25-48(43)57-49/h2-33H,1,34H2. The fourth-order valence-corrected chi connectivity index (χ4v) is 7.94. The number of hydrogen-bond acceptors (Lipinski definition) is 2. The van der Waals surface area contributed by atoms with E-state index in [-0.39, 0.29) is 0 Å². The predicted molar refractivity (Wildman–Crippen MR) is 238 cm³/mol. The lowest BCUT2D eigenvalue weighted by molar-refractivity contribution is 0.669. The average molecular weight is 733 g/mol. The molecule has 57 heavy (non-hydrogen) atoms. The molecule has 0 unspecified atom stereocenters. The number of fused-ring (bicyclic) bond motifs is 6. The Labute approximate surface area is 330 Å². The van der Waals surface area contributed by atoms with Crippen molar-refractivity contribution >= 4 is 62.1 Å². The Morgan fingerprint density at radius 1 is 0.509 bits per heavy atom. The molecular weight excluding hydrogens is 697 g/mol. The van der Waals surface area contributed by atoms with Crippen LogP contribution in [0.5, 0.6) is 0 Å². The maximum atomic E-state index is 6.27. The van der Waals surface area contributed by atoms with E-state index in [9.17, 15) is 0 Å². The summed E-state index contributed by atoms with van der Waals surface area (Å²) in [5.41, 5.74) is 12.3. The van der Waals surface area contributed by atoms with E-state index in [4.69, 9.17) is 14.4 Å². The van der Waals surface area contributed by atoms with Crippen LogP contribution in [0.1, 0.15) is 16.7 Å². The maximum absolute atomic E-state index is 6.27. The normalized spacial score (nSPS) is 12.2. The van der Waals surface area contributed by atoms with Gasteiger partial charge in [0.15, 0.2) is 11.7 Å². The van der Waals surface area contributed by atoms with Gasteiger partial charge in [-0.3, -0.25) is 4.99 Å². The highest BCUT2D eigenvalue weighted by atomic mass is 16.3. The van der Waals surface area contributed by atoms with E-state index in [0.29, 0.717) is 18.2 Å². The van der Waals surface area contributed by atoms with Gasteiger partial charge in [0, 0.05) is 32.7 Å². The third-order valence-corrected chi connectivity index (χ3v) is 10.6. The minimum absolute atomic E-state index is 0.455. The molecule has 0 N–H and O–H groups in total. The van der Waals surface area contributed by atoms with Crippen LogP contribution in [0.3, 0.4) is 0 Å². The van der Waals surface area contributed by atoms with Crippen LogP contribution < -0.4 is 0 Å². The van der Waals surface area contributed by atoms with Crippen molar-refractivity contribution < 1.29 is 4.42 Å². The Balaban J connectivity index is 1.13. The number of rotatable bonds is 7. The zero-order chi connectivity index (χ0) is 38.1. The third-order valence-electron chi connectivity index (χ3n) is 10.6. The van der Waals surface area contributed by atoms with Crippen molar-refractivity contribution in [3.05, 3.63) is 211 Å². The summed E-state index contributed by atoms with van der Waals surface area (Å²) in [6, 6.07) is 67.2. The Morgan fingerprint density at radius 2 is 1.16 bits per heavy atom. The summed E-state index contributed by atoms with van der Waals surface area (Å²) in [5.74, 6) is 1.08. The summed E-state index contributed by atoms with van der Waals surface area (Å²) in [4.78, 5) is 14.8. The molecule has 0 aliphatic heterocycles. The van der Waals surface area contributed by atoms with Gasteiger partial charge in [-0.25, -0.2) is 9.98 Å². The van der Waals surface area contributed by atoms with E-state index in [1.54, 1.807) is 0 Å². The highest BCUT2D eigenvalue weighted by Crippen LogP contribution is 2.40. The first kappa shape index (κ1) is 33.9. The van der Waals surface area contributed by atoms with Crippen molar-refractivity contribution in [1.29, 1.82) is 0 Å². The molecule has 0 atom stereocenters. The molecule has 10 rings (SSSR count). The van der Waals surface area contributed by atoms with Gasteiger partial charge in [-0.2, -0.15) is 0 Å². The molecule has 0 bridgehead atoms. The summed E-state index contributed by atoms with van der Waals surface area (Å²) < 4.78 is 8.60. The Hall–Kier alpha value is -7.63. The third kappa shape index (κ3) is 6.21. The molecule has 0 aliphatic carbocycles. The van der Waals surface area contributed by atoms with E-state index in [0.717, 1.165) is 88.4 Å². The summed E-state index contributed by atoms with van der Waals surface area (Å²) in [6.45, 7) is 4.41. The van der Waals surface area contributed by atoms with Crippen LogP contribution in [0, 0.1) is 0 Å². The molecule has 2 heterocycles. The molecule has 0 saturated carbocycles. The minimum Gasteiger partial charge on any atom is -0.456 e. The molecule has 0 radical (unpaired) electrons. The molecule has 8 aromatic carbocycles. The van der Waals surface area contributed by atoms with Gasteiger partial charge in [0.25, 0.3) is 0 Å². The fraction of sp³-hybridized carbons (Fsp3) is 0.0192. The van der Waals surface area contributed by atoms with Gasteiger partial charge in [0.2, 0.25) is 0 Å². The van der Waals surface area contributed by atoms with Gasteiger partial charge in [0.1, 0.15) is 11.2 Å². The number of hydrogen-bond donors (Lipinski definition) is 0. The van der Waals surface area contributed by atoms with E-state index in [1.807, 2.05) is 72.8 Å². The number of benzene rings is 8. The van der Waals surface area contributed by atoms with E-state index >= 15 is 0 Å². The smallest absolute Gasteiger partial charge is 0.161 e. The monoisotopic (exact) mass is 732 g/mol. The van der Waals surface area contributed by atoms with Crippen LogP contribution in [-0.2, 0) is 6.54 Å². The maximum Gasteiger partial charge on any atom is 0.161 e. The Morgan fingerprint density at radius 3 is 1.98 bits per heavy atom. The van der Waals surface area contributed by atoms with Gasteiger partial charge in [-0.15, -0.1) is 0 Å². The van der Waals surface area contributed by atoms with E-state index in [2.05, 4.69) is 138 Å². The lowest BCUT2D eigenvalue weighted by Crippen LogP contribution is -2.09. The molecule has 0 amide bonds. The molecule has 0 aliphatic rings. The highest BCUT2D eigenvalue weighted by molar-refractivity contribution is 6.17. The van der Waals surface area contributed by atoms with Crippen molar-refractivity contribution in [1.82, 2.24) is 4.57 Å². The number of furan rings is 1. The summed E-state index contributed by atoms with van der Waals surface area (Å²) >= 11 is 0.